The lowest BCUT2D eigenvalue weighted by atomic mass is 9.99. The summed E-state index contributed by atoms with van der Waals surface area (Å²) in [7, 11) is 0. The number of rotatable bonds is 12. The Hall–Kier alpha value is -2.97. The van der Waals surface area contributed by atoms with Crippen LogP contribution in [0.3, 0.4) is 0 Å². The van der Waals surface area contributed by atoms with Crippen LogP contribution in [0.1, 0.15) is 43.4 Å². The number of carbonyl (C=O) groups excluding carboxylic acids is 2. The monoisotopic (exact) mass is 548 g/mol. The highest BCUT2D eigenvalue weighted by molar-refractivity contribution is 7.99. The van der Waals surface area contributed by atoms with Gasteiger partial charge in [-0.25, -0.2) is 0 Å². The molecule has 0 bridgehead atoms. The first-order valence-electron chi connectivity index (χ1n) is 13.3. The van der Waals surface area contributed by atoms with Gasteiger partial charge in [-0.1, -0.05) is 90.1 Å². The van der Waals surface area contributed by atoms with E-state index in [1.54, 1.807) is 0 Å². The normalized spacial score (nSPS) is 22.8. The van der Waals surface area contributed by atoms with Gasteiger partial charge in [0.1, 0.15) is 23.4 Å². The lowest BCUT2D eigenvalue weighted by Gasteiger charge is -2.44. The highest BCUT2D eigenvalue weighted by Gasteiger charge is 2.48. The van der Waals surface area contributed by atoms with Crippen molar-refractivity contribution >= 4 is 23.5 Å². The van der Waals surface area contributed by atoms with Crippen LogP contribution in [0.4, 0.5) is 0 Å². The van der Waals surface area contributed by atoms with Crippen LogP contribution < -0.4 is 0 Å². The predicted octanol–water partition coefficient (Wildman–Crippen LogP) is 6.28. The predicted molar refractivity (Wildman–Crippen MR) is 151 cm³/mol. The van der Waals surface area contributed by atoms with Crippen molar-refractivity contribution in [2.75, 3.05) is 0 Å². The molecular weight excluding hydrogens is 512 g/mol. The van der Waals surface area contributed by atoms with Gasteiger partial charge in [-0.2, -0.15) is 0 Å². The first kappa shape index (κ1) is 29.0. The minimum atomic E-state index is -0.753. The lowest BCUT2D eigenvalue weighted by Crippen LogP contribution is -2.59. The van der Waals surface area contributed by atoms with Crippen LogP contribution in [-0.2, 0) is 41.8 Å². The molecule has 1 fully saturated rings. The summed E-state index contributed by atoms with van der Waals surface area (Å²) < 4.78 is 25.4. The van der Waals surface area contributed by atoms with Crippen LogP contribution in [0.5, 0.6) is 0 Å². The molecular formula is C32H36O6S. The first-order chi connectivity index (χ1) is 18.9. The van der Waals surface area contributed by atoms with E-state index in [1.807, 2.05) is 98.8 Å². The zero-order valence-electron chi connectivity index (χ0n) is 22.7. The molecule has 1 aliphatic rings. The second-order valence-electron chi connectivity index (χ2n) is 9.82. The van der Waals surface area contributed by atoms with E-state index in [2.05, 4.69) is 0 Å². The molecule has 0 amide bonds. The number of Topliss-reactive ketones (excluding diaryl/α,β-unsaturated/α-hetero) is 1. The summed E-state index contributed by atoms with van der Waals surface area (Å²) in [5.74, 6) is -0.523. The summed E-state index contributed by atoms with van der Waals surface area (Å²) >= 11 is 1.49. The van der Waals surface area contributed by atoms with Gasteiger partial charge >= 0.3 is 5.97 Å². The molecule has 0 radical (unpaired) electrons. The van der Waals surface area contributed by atoms with Crippen molar-refractivity contribution in [3.05, 3.63) is 102 Å². The quantitative estimate of drug-likeness (QED) is 0.247. The fourth-order valence-electron chi connectivity index (χ4n) is 4.39. The smallest absolute Gasteiger partial charge is 0.306 e. The van der Waals surface area contributed by atoms with Gasteiger partial charge < -0.3 is 23.7 Å². The Bertz CT molecular complexity index is 1180. The number of thioether (sulfide) groups is 1. The van der Waals surface area contributed by atoms with Crippen LogP contribution >= 0.6 is 11.8 Å². The topological polar surface area (TPSA) is 71.1 Å². The van der Waals surface area contributed by atoms with Gasteiger partial charge in [0.15, 0.2) is 6.10 Å². The van der Waals surface area contributed by atoms with Crippen molar-refractivity contribution in [1.29, 1.82) is 0 Å². The minimum absolute atomic E-state index is 0.00422. The molecule has 3 aromatic carbocycles. The lowest BCUT2D eigenvalue weighted by molar-refractivity contribution is -0.238. The zero-order valence-corrected chi connectivity index (χ0v) is 23.5. The molecule has 1 saturated heterocycles. The summed E-state index contributed by atoms with van der Waals surface area (Å²) in [5, 5.41) is 0. The summed E-state index contributed by atoms with van der Waals surface area (Å²) in [6.07, 6.45) is -2.04. The SMILES string of the molecule is CC(=O)CCC(=O)O[C@@H]1[C@@H](OCc2ccccc2)[C@@H](OCc2ccccc2)[C@@H](C)O[C@H]1Sc1ccc(C)cc1. The zero-order chi connectivity index (χ0) is 27.6. The van der Waals surface area contributed by atoms with Gasteiger partial charge in [0.2, 0.25) is 0 Å². The summed E-state index contributed by atoms with van der Waals surface area (Å²) in [4.78, 5) is 25.4. The van der Waals surface area contributed by atoms with E-state index in [1.165, 1.54) is 18.7 Å². The van der Waals surface area contributed by atoms with Gasteiger partial charge in [0.05, 0.1) is 25.7 Å². The molecule has 1 aliphatic heterocycles. The Morgan fingerprint density at radius 3 is 1.90 bits per heavy atom. The highest BCUT2D eigenvalue weighted by atomic mass is 32.2. The average molecular weight is 549 g/mol. The number of aryl methyl sites for hydroxylation is 1. The van der Waals surface area contributed by atoms with Crippen molar-refractivity contribution in [2.45, 2.75) is 81.6 Å². The fraction of sp³-hybridized carbons (Fsp3) is 0.375. The molecule has 0 spiro atoms. The van der Waals surface area contributed by atoms with Crippen molar-refractivity contribution in [2.24, 2.45) is 0 Å². The molecule has 6 nitrogen and oxygen atoms in total. The van der Waals surface area contributed by atoms with Crippen LogP contribution in [-0.4, -0.2) is 41.6 Å². The van der Waals surface area contributed by atoms with Gasteiger partial charge in [0, 0.05) is 11.3 Å². The maximum absolute atomic E-state index is 12.9. The van der Waals surface area contributed by atoms with E-state index >= 15 is 0 Å². The number of hydrogen-bond donors (Lipinski definition) is 0. The van der Waals surface area contributed by atoms with E-state index in [0.29, 0.717) is 13.2 Å². The van der Waals surface area contributed by atoms with E-state index < -0.39 is 29.7 Å². The van der Waals surface area contributed by atoms with Crippen molar-refractivity contribution in [3.8, 4) is 0 Å². The Balaban J connectivity index is 1.61. The number of hydrogen-bond acceptors (Lipinski definition) is 7. The molecule has 7 heteroatoms. The number of esters is 1. The van der Waals surface area contributed by atoms with Gasteiger partial charge in [0.25, 0.3) is 0 Å². The maximum atomic E-state index is 12.9. The highest BCUT2D eigenvalue weighted by Crippen LogP contribution is 2.38. The summed E-state index contributed by atoms with van der Waals surface area (Å²) in [6, 6.07) is 27.9. The van der Waals surface area contributed by atoms with E-state index in [-0.39, 0.29) is 24.7 Å². The molecule has 206 valence electrons. The molecule has 0 saturated carbocycles. The summed E-state index contributed by atoms with van der Waals surface area (Å²) in [5.41, 5.74) is 2.66. The molecule has 0 N–H and O–H groups in total. The molecule has 1 heterocycles. The van der Waals surface area contributed by atoms with Crippen LogP contribution in [0.2, 0.25) is 0 Å². The molecule has 5 atom stereocenters. The van der Waals surface area contributed by atoms with Gasteiger partial charge in [-0.05, 0) is 44.0 Å². The van der Waals surface area contributed by atoms with E-state index in [4.69, 9.17) is 18.9 Å². The Kier molecular flexibility index (Phi) is 10.7. The van der Waals surface area contributed by atoms with Crippen molar-refractivity contribution < 1.29 is 28.5 Å². The van der Waals surface area contributed by atoms with Crippen LogP contribution in [0.15, 0.2) is 89.8 Å². The van der Waals surface area contributed by atoms with E-state index in [9.17, 15) is 9.59 Å². The number of ketones is 1. The molecule has 3 aromatic rings. The summed E-state index contributed by atoms with van der Waals surface area (Å²) in [6.45, 7) is 6.16. The van der Waals surface area contributed by atoms with Crippen molar-refractivity contribution in [1.82, 2.24) is 0 Å². The number of benzene rings is 3. The standard InChI is InChI=1S/C32H36O6S/c1-22-14-17-27(18-15-22)39-32-31(38-28(34)19-16-23(2)33)30(36-21-26-12-8-5-9-13-26)29(24(3)37-32)35-20-25-10-6-4-7-11-25/h4-15,17-18,24,29-32H,16,19-21H2,1-3H3/t24-,29+,30+,31-,32+/m1/s1. The second kappa shape index (κ2) is 14.4. The molecule has 0 unspecified atom stereocenters. The third-order valence-electron chi connectivity index (χ3n) is 6.52. The molecule has 39 heavy (non-hydrogen) atoms. The first-order valence-corrected chi connectivity index (χ1v) is 14.2. The molecule has 0 aromatic heterocycles. The minimum Gasteiger partial charge on any atom is -0.456 e. The largest absolute Gasteiger partial charge is 0.456 e. The molecule has 4 rings (SSSR count). The Labute approximate surface area is 235 Å². The van der Waals surface area contributed by atoms with Crippen LogP contribution in [0.25, 0.3) is 0 Å². The van der Waals surface area contributed by atoms with Gasteiger partial charge in [-0.15, -0.1) is 0 Å². The maximum Gasteiger partial charge on any atom is 0.306 e. The third-order valence-corrected chi connectivity index (χ3v) is 7.68. The van der Waals surface area contributed by atoms with Crippen LogP contribution in [0, 0.1) is 6.92 Å². The average Bonchev–Trinajstić information content (AvgIpc) is 2.94. The van der Waals surface area contributed by atoms with Crippen molar-refractivity contribution in [3.63, 3.8) is 0 Å². The van der Waals surface area contributed by atoms with E-state index in [0.717, 1.165) is 21.6 Å². The van der Waals surface area contributed by atoms with Gasteiger partial charge in [-0.3, -0.25) is 4.79 Å². The number of carbonyl (C=O) groups is 2. The third kappa shape index (κ3) is 8.77. The molecule has 0 aliphatic carbocycles. The second-order valence-corrected chi connectivity index (χ2v) is 11.0. The Morgan fingerprint density at radius 1 is 0.769 bits per heavy atom. The number of ether oxygens (including phenoxy) is 4. The Morgan fingerprint density at radius 2 is 1.33 bits per heavy atom. The fourth-order valence-corrected chi connectivity index (χ4v) is 5.52.